The standard InChI is InChI=1S/C33H35F3N6O2/c1-4-22-24(34)9-25(35)23-11-33(43,12-27(30(22)23)42-15-20-5-6-21(16-42)39-20)29-10-26-19(13-37-29)14-38-31(40-26)44-18-32(2)17-41(3)8-7-28(32)36/h1,9-10,12-14,20-21,28,39,43H,5-8,11,15-18H2,2-3H3/t20-,21+,28-,32-,33?/m0/s1. The lowest BCUT2D eigenvalue weighted by molar-refractivity contribution is -0.00846. The lowest BCUT2D eigenvalue weighted by atomic mass is 9.79. The molecule has 5 atom stereocenters. The number of piperidine rings is 1. The van der Waals surface area contributed by atoms with Crippen LogP contribution in [-0.4, -0.2) is 87.9 Å². The fourth-order valence-corrected chi connectivity index (χ4v) is 7.34. The Morgan fingerprint density at radius 1 is 1.14 bits per heavy atom. The van der Waals surface area contributed by atoms with E-state index >= 15 is 4.39 Å². The SMILES string of the molecule is C#Cc1c(F)cc(F)c2c1C(N1C[C@H]3CC[C@@H](C1)N3)=CC(O)(c1cc3nc(OC[C@]4(C)CN(C)CC[C@@H]4F)ncc3cn1)C2. The van der Waals surface area contributed by atoms with E-state index in [0.717, 1.165) is 18.9 Å². The van der Waals surface area contributed by atoms with Gasteiger partial charge in [-0.3, -0.25) is 4.98 Å². The molecule has 0 amide bonds. The molecule has 3 aliphatic heterocycles. The number of rotatable bonds is 5. The third-order valence-corrected chi connectivity index (χ3v) is 9.68. The number of aromatic nitrogens is 3. The topological polar surface area (TPSA) is 86.6 Å². The smallest absolute Gasteiger partial charge is 0.316 e. The molecule has 44 heavy (non-hydrogen) atoms. The van der Waals surface area contributed by atoms with Gasteiger partial charge in [-0.1, -0.05) is 12.8 Å². The number of benzene rings is 1. The van der Waals surface area contributed by atoms with Crippen LogP contribution >= 0.6 is 0 Å². The van der Waals surface area contributed by atoms with Crippen LogP contribution in [0.15, 0.2) is 30.6 Å². The van der Waals surface area contributed by atoms with Gasteiger partial charge in [0.15, 0.2) is 0 Å². The maximum absolute atomic E-state index is 15.5. The summed E-state index contributed by atoms with van der Waals surface area (Å²) in [5.41, 5.74) is -0.808. The van der Waals surface area contributed by atoms with Gasteiger partial charge < -0.3 is 25.0 Å². The Morgan fingerprint density at radius 2 is 1.89 bits per heavy atom. The summed E-state index contributed by atoms with van der Waals surface area (Å²) in [6.07, 6.45) is 11.7. The molecule has 0 radical (unpaired) electrons. The predicted molar refractivity (Wildman–Crippen MR) is 159 cm³/mol. The van der Waals surface area contributed by atoms with Crippen molar-refractivity contribution in [2.45, 2.75) is 56.5 Å². The van der Waals surface area contributed by atoms with E-state index in [0.29, 0.717) is 54.8 Å². The quantitative estimate of drug-likeness (QED) is 0.428. The van der Waals surface area contributed by atoms with Crippen molar-refractivity contribution in [3.63, 3.8) is 0 Å². The summed E-state index contributed by atoms with van der Waals surface area (Å²) in [7, 11) is 1.96. The summed E-state index contributed by atoms with van der Waals surface area (Å²) in [5, 5.41) is 16.4. The zero-order valence-electron chi connectivity index (χ0n) is 24.8. The Hall–Kier alpha value is -3.72. The minimum atomic E-state index is -1.74. The largest absolute Gasteiger partial charge is 0.463 e. The number of likely N-dealkylation sites (tertiary alicyclic amines) is 2. The van der Waals surface area contributed by atoms with E-state index in [4.69, 9.17) is 11.2 Å². The van der Waals surface area contributed by atoms with E-state index in [2.05, 4.69) is 36.0 Å². The monoisotopic (exact) mass is 604 g/mol. The molecule has 3 saturated heterocycles. The second-order valence-electron chi connectivity index (χ2n) is 13.1. The second kappa shape index (κ2) is 10.7. The zero-order valence-corrected chi connectivity index (χ0v) is 24.8. The van der Waals surface area contributed by atoms with Crippen LogP contribution < -0.4 is 10.1 Å². The van der Waals surface area contributed by atoms with Crippen molar-refractivity contribution in [2.24, 2.45) is 5.41 Å². The molecule has 1 aliphatic carbocycles. The van der Waals surface area contributed by atoms with Crippen molar-refractivity contribution in [2.75, 3.05) is 39.8 Å². The molecule has 3 fully saturated rings. The Kier molecular flexibility index (Phi) is 7.07. The van der Waals surface area contributed by atoms with Crippen LogP contribution in [0.4, 0.5) is 13.2 Å². The van der Waals surface area contributed by atoms with Crippen molar-refractivity contribution < 1.29 is 23.0 Å². The number of piperazine rings is 1. The minimum absolute atomic E-state index is 0.0186. The molecule has 1 unspecified atom stereocenters. The lowest BCUT2D eigenvalue weighted by Gasteiger charge is -2.41. The number of aliphatic hydroxyl groups is 1. The van der Waals surface area contributed by atoms with Gasteiger partial charge in [-0.25, -0.2) is 18.2 Å². The Labute approximate surface area is 254 Å². The van der Waals surface area contributed by atoms with Gasteiger partial charge in [-0.15, -0.1) is 6.42 Å². The Balaban J connectivity index is 1.25. The van der Waals surface area contributed by atoms with Crippen molar-refractivity contribution in [1.82, 2.24) is 30.1 Å². The molecule has 8 nitrogen and oxygen atoms in total. The highest BCUT2D eigenvalue weighted by molar-refractivity contribution is 5.79. The van der Waals surface area contributed by atoms with Crippen LogP contribution in [0.3, 0.4) is 0 Å². The van der Waals surface area contributed by atoms with E-state index in [1.807, 2.05) is 14.0 Å². The van der Waals surface area contributed by atoms with E-state index in [1.165, 1.54) is 0 Å². The van der Waals surface area contributed by atoms with Gasteiger partial charge in [0, 0.05) is 90.8 Å². The molecule has 7 rings (SSSR count). The first-order valence-electron chi connectivity index (χ1n) is 15.1. The molecular weight excluding hydrogens is 569 g/mol. The van der Waals surface area contributed by atoms with Crippen LogP contribution in [0.25, 0.3) is 16.6 Å². The third kappa shape index (κ3) is 4.99. The molecule has 3 aromatic rings. The van der Waals surface area contributed by atoms with Gasteiger partial charge in [0.2, 0.25) is 0 Å². The number of nitrogens with one attached hydrogen (secondary N) is 1. The number of fused-ring (bicyclic) bond motifs is 4. The average molecular weight is 605 g/mol. The number of hydrogen-bond donors (Lipinski definition) is 2. The molecule has 11 heteroatoms. The normalized spacial score (nSPS) is 30.2. The first-order chi connectivity index (χ1) is 21.0. The summed E-state index contributed by atoms with van der Waals surface area (Å²) in [6, 6.07) is 2.97. The second-order valence-corrected chi connectivity index (χ2v) is 13.1. The van der Waals surface area contributed by atoms with Crippen LogP contribution in [0.2, 0.25) is 0 Å². The maximum atomic E-state index is 15.5. The van der Waals surface area contributed by atoms with Gasteiger partial charge in [0.05, 0.1) is 16.8 Å². The number of terminal acetylenes is 1. The van der Waals surface area contributed by atoms with Gasteiger partial charge in [-0.05, 0) is 38.5 Å². The molecule has 2 N–H and O–H groups in total. The molecular formula is C33H35F3N6O2. The summed E-state index contributed by atoms with van der Waals surface area (Å²) in [5.74, 6) is 0.840. The number of nitrogens with zero attached hydrogens (tertiary/aromatic N) is 5. The summed E-state index contributed by atoms with van der Waals surface area (Å²) >= 11 is 0. The minimum Gasteiger partial charge on any atom is -0.463 e. The number of halogens is 3. The molecule has 2 bridgehead atoms. The van der Waals surface area contributed by atoms with Gasteiger partial charge in [0.1, 0.15) is 30.0 Å². The summed E-state index contributed by atoms with van der Waals surface area (Å²) in [4.78, 5) is 17.5. The first-order valence-corrected chi connectivity index (χ1v) is 15.1. The van der Waals surface area contributed by atoms with Crippen LogP contribution in [0, 0.1) is 29.4 Å². The molecule has 230 valence electrons. The average Bonchev–Trinajstić information content (AvgIpc) is 3.35. The van der Waals surface area contributed by atoms with Crippen molar-refractivity contribution in [3.05, 3.63) is 64.6 Å². The van der Waals surface area contributed by atoms with Crippen molar-refractivity contribution >= 4 is 16.6 Å². The van der Waals surface area contributed by atoms with Crippen LogP contribution in [0.5, 0.6) is 6.01 Å². The summed E-state index contributed by atoms with van der Waals surface area (Å²) < 4.78 is 51.2. The van der Waals surface area contributed by atoms with Gasteiger partial charge >= 0.3 is 6.01 Å². The molecule has 0 saturated carbocycles. The van der Waals surface area contributed by atoms with E-state index in [-0.39, 0.29) is 47.9 Å². The molecule has 4 aliphatic rings. The van der Waals surface area contributed by atoms with Gasteiger partial charge in [-0.2, -0.15) is 4.98 Å². The highest BCUT2D eigenvalue weighted by atomic mass is 19.1. The Bertz CT molecular complexity index is 1700. The predicted octanol–water partition coefficient (Wildman–Crippen LogP) is 3.56. The molecule has 1 aromatic carbocycles. The number of ether oxygens (including phenoxy) is 1. The van der Waals surface area contributed by atoms with Crippen molar-refractivity contribution in [1.29, 1.82) is 0 Å². The lowest BCUT2D eigenvalue weighted by Crippen LogP contribution is -2.51. The zero-order chi connectivity index (χ0) is 30.8. The fourth-order valence-electron chi connectivity index (χ4n) is 7.34. The number of alkyl halides is 1. The van der Waals surface area contributed by atoms with E-state index < -0.39 is 28.8 Å². The highest BCUT2D eigenvalue weighted by Gasteiger charge is 2.43. The van der Waals surface area contributed by atoms with Gasteiger partial charge in [0.25, 0.3) is 0 Å². The van der Waals surface area contributed by atoms with E-state index in [9.17, 15) is 13.9 Å². The highest BCUT2D eigenvalue weighted by Crippen LogP contribution is 2.43. The first kappa shape index (κ1) is 29.0. The van der Waals surface area contributed by atoms with Crippen molar-refractivity contribution in [3.8, 4) is 18.4 Å². The van der Waals surface area contributed by atoms with E-state index in [1.54, 1.807) is 24.5 Å². The molecule has 5 heterocycles. The number of hydrogen-bond acceptors (Lipinski definition) is 8. The summed E-state index contributed by atoms with van der Waals surface area (Å²) in [6.45, 7) is 4.45. The molecule has 2 aromatic heterocycles. The van der Waals surface area contributed by atoms with Crippen LogP contribution in [0.1, 0.15) is 48.6 Å². The maximum Gasteiger partial charge on any atom is 0.316 e. The Morgan fingerprint density at radius 3 is 2.64 bits per heavy atom. The molecule has 0 spiro atoms. The third-order valence-electron chi connectivity index (χ3n) is 9.68. The van der Waals surface area contributed by atoms with Crippen LogP contribution in [-0.2, 0) is 12.0 Å². The fraction of sp³-hybridized carbons (Fsp3) is 0.485. The number of pyridine rings is 1.